The van der Waals surface area contributed by atoms with Crippen LogP contribution >= 0.6 is 11.6 Å². The number of rotatable bonds is 8. The van der Waals surface area contributed by atoms with E-state index in [2.05, 4.69) is 16.7 Å². The Hall–Kier alpha value is -3.12. The molecular weight excluding hydrogens is 378 g/mol. The number of amides is 1. The molecule has 0 saturated carbocycles. The molecule has 1 amide bonds. The first-order valence-corrected chi connectivity index (χ1v) is 9.10. The van der Waals surface area contributed by atoms with Crippen molar-refractivity contribution in [2.24, 2.45) is 0 Å². The van der Waals surface area contributed by atoms with Gasteiger partial charge in [-0.25, -0.2) is 0 Å². The molecule has 0 spiro atoms. The quantitative estimate of drug-likeness (QED) is 0.530. The Morgan fingerprint density at radius 1 is 1.29 bits per heavy atom. The number of benzene rings is 2. The molecule has 1 aromatic heterocycles. The van der Waals surface area contributed by atoms with Crippen LogP contribution in [0.2, 0.25) is 5.02 Å². The van der Waals surface area contributed by atoms with Gasteiger partial charge in [0.1, 0.15) is 12.3 Å². The van der Waals surface area contributed by atoms with E-state index in [1.807, 2.05) is 37.3 Å². The SMILES string of the molecule is C=CCN(Cc1nc(-c2ccccc2)no1)C(=O)COc1ccc(Cl)c(C)c1. The second-order valence-electron chi connectivity index (χ2n) is 6.14. The van der Waals surface area contributed by atoms with Gasteiger partial charge in [-0.15, -0.1) is 6.58 Å². The molecule has 0 saturated heterocycles. The Kier molecular flexibility index (Phi) is 6.45. The fraction of sp³-hybridized carbons (Fsp3) is 0.190. The minimum absolute atomic E-state index is 0.116. The topological polar surface area (TPSA) is 68.5 Å². The maximum atomic E-state index is 12.6. The second-order valence-corrected chi connectivity index (χ2v) is 6.55. The normalized spacial score (nSPS) is 10.5. The number of aromatic nitrogens is 2. The van der Waals surface area contributed by atoms with Crippen LogP contribution in [0.25, 0.3) is 11.4 Å². The molecule has 6 nitrogen and oxygen atoms in total. The Morgan fingerprint density at radius 2 is 2.07 bits per heavy atom. The summed E-state index contributed by atoms with van der Waals surface area (Å²) in [7, 11) is 0. The van der Waals surface area contributed by atoms with Crippen molar-refractivity contribution < 1.29 is 14.1 Å². The van der Waals surface area contributed by atoms with Crippen LogP contribution in [-0.2, 0) is 11.3 Å². The summed E-state index contributed by atoms with van der Waals surface area (Å²) >= 11 is 6.01. The van der Waals surface area contributed by atoms with Crippen molar-refractivity contribution >= 4 is 17.5 Å². The summed E-state index contributed by atoms with van der Waals surface area (Å²) in [4.78, 5) is 18.5. The molecule has 0 radical (unpaired) electrons. The van der Waals surface area contributed by atoms with E-state index in [9.17, 15) is 4.79 Å². The van der Waals surface area contributed by atoms with Gasteiger partial charge in [-0.3, -0.25) is 4.79 Å². The molecule has 144 valence electrons. The lowest BCUT2D eigenvalue weighted by Crippen LogP contribution is -2.34. The lowest BCUT2D eigenvalue weighted by molar-refractivity contribution is -0.133. The van der Waals surface area contributed by atoms with Crippen LogP contribution in [0, 0.1) is 6.92 Å². The van der Waals surface area contributed by atoms with Gasteiger partial charge in [0.25, 0.3) is 5.91 Å². The predicted molar refractivity (Wildman–Crippen MR) is 107 cm³/mol. The molecule has 0 aliphatic carbocycles. The average molecular weight is 398 g/mol. The molecule has 3 rings (SSSR count). The van der Waals surface area contributed by atoms with Gasteiger partial charge in [-0.2, -0.15) is 4.98 Å². The molecule has 0 N–H and O–H groups in total. The molecule has 7 heteroatoms. The maximum Gasteiger partial charge on any atom is 0.261 e. The van der Waals surface area contributed by atoms with Crippen LogP contribution in [0.15, 0.2) is 65.7 Å². The van der Waals surface area contributed by atoms with E-state index >= 15 is 0 Å². The molecule has 2 aromatic carbocycles. The minimum Gasteiger partial charge on any atom is -0.484 e. The smallest absolute Gasteiger partial charge is 0.261 e. The molecule has 0 aliphatic rings. The molecule has 0 atom stereocenters. The fourth-order valence-electron chi connectivity index (χ4n) is 2.54. The number of hydrogen-bond acceptors (Lipinski definition) is 5. The van der Waals surface area contributed by atoms with E-state index in [0.29, 0.717) is 29.0 Å². The van der Waals surface area contributed by atoms with E-state index in [4.69, 9.17) is 20.9 Å². The third-order valence-electron chi connectivity index (χ3n) is 4.02. The molecule has 28 heavy (non-hydrogen) atoms. The van der Waals surface area contributed by atoms with Gasteiger partial charge >= 0.3 is 0 Å². The summed E-state index contributed by atoms with van der Waals surface area (Å²) in [5.41, 5.74) is 1.73. The Bertz CT molecular complexity index is 957. The van der Waals surface area contributed by atoms with Gasteiger partial charge < -0.3 is 14.2 Å². The predicted octanol–water partition coefficient (Wildman–Crippen LogP) is 4.29. The third-order valence-corrected chi connectivity index (χ3v) is 4.44. The van der Waals surface area contributed by atoms with Crippen LogP contribution in [0.3, 0.4) is 0 Å². The van der Waals surface area contributed by atoms with Gasteiger partial charge in [0.05, 0.1) is 0 Å². The van der Waals surface area contributed by atoms with Gasteiger partial charge in [0.2, 0.25) is 11.7 Å². The highest BCUT2D eigenvalue weighted by molar-refractivity contribution is 6.31. The Labute approximate surface area is 168 Å². The van der Waals surface area contributed by atoms with Crippen LogP contribution in [0.4, 0.5) is 0 Å². The molecule has 1 heterocycles. The van der Waals surface area contributed by atoms with Crippen LogP contribution in [-0.4, -0.2) is 34.1 Å². The first-order chi connectivity index (χ1) is 13.6. The summed E-state index contributed by atoms with van der Waals surface area (Å²) in [5, 5.41) is 4.63. The molecular formula is C21H20ClN3O3. The van der Waals surface area contributed by atoms with Crippen molar-refractivity contribution in [1.29, 1.82) is 0 Å². The number of ether oxygens (including phenoxy) is 1. The standard InChI is InChI=1S/C21H20ClN3O3/c1-3-11-25(20(26)14-27-17-9-10-18(22)15(2)12-17)13-19-23-21(24-28-19)16-7-5-4-6-8-16/h3-10,12H,1,11,13-14H2,2H3. The second kappa shape index (κ2) is 9.19. The van der Waals surface area contributed by atoms with Gasteiger partial charge in [0.15, 0.2) is 6.61 Å². The summed E-state index contributed by atoms with van der Waals surface area (Å²) in [6, 6.07) is 14.7. The number of hydrogen-bond donors (Lipinski definition) is 0. The first kappa shape index (κ1) is 19.6. The lowest BCUT2D eigenvalue weighted by Gasteiger charge is -2.19. The van der Waals surface area contributed by atoms with E-state index in [1.165, 1.54) is 4.90 Å². The zero-order valence-electron chi connectivity index (χ0n) is 15.5. The van der Waals surface area contributed by atoms with Gasteiger partial charge in [-0.1, -0.05) is 53.2 Å². The highest BCUT2D eigenvalue weighted by Crippen LogP contribution is 2.21. The monoisotopic (exact) mass is 397 g/mol. The maximum absolute atomic E-state index is 12.6. The minimum atomic E-state index is -0.216. The summed E-state index contributed by atoms with van der Waals surface area (Å²) in [6.07, 6.45) is 1.64. The number of carbonyl (C=O) groups excluding carboxylic acids is 1. The zero-order valence-corrected chi connectivity index (χ0v) is 16.2. The summed E-state index contributed by atoms with van der Waals surface area (Å²) in [6.45, 7) is 5.97. The average Bonchev–Trinajstić information content (AvgIpc) is 3.17. The van der Waals surface area contributed by atoms with E-state index in [0.717, 1.165) is 11.1 Å². The zero-order chi connectivity index (χ0) is 19.9. The Balaban J connectivity index is 1.64. The lowest BCUT2D eigenvalue weighted by atomic mass is 10.2. The summed E-state index contributed by atoms with van der Waals surface area (Å²) in [5.74, 6) is 1.19. The van der Waals surface area contributed by atoms with Crippen molar-refractivity contribution in [2.45, 2.75) is 13.5 Å². The number of aryl methyl sites for hydroxylation is 1. The largest absolute Gasteiger partial charge is 0.484 e. The molecule has 0 unspecified atom stereocenters. The Morgan fingerprint density at radius 3 is 2.79 bits per heavy atom. The highest BCUT2D eigenvalue weighted by Gasteiger charge is 2.18. The summed E-state index contributed by atoms with van der Waals surface area (Å²) < 4.78 is 10.9. The van der Waals surface area contributed by atoms with Crippen molar-refractivity contribution in [3.8, 4) is 17.1 Å². The molecule has 0 bridgehead atoms. The third kappa shape index (κ3) is 4.98. The molecule has 0 fully saturated rings. The molecule has 3 aromatic rings. The van der Waals surface area contributed by atoms with E-state index in [1.54, 1.807) is 24.3 Å². The van der Waals surface area contributed by atoms with E-state index < -0.39 is 0 Å². The van der Waals surface area contributed by atoms with Crippen molar-refractivity contribution in [2.75, 3.05) is 13.2 Å². The van der Waals surface area contributed by atoms with Gasteiger partial charge in [-0.05, 0) is 30.7 Å². The van der Waals surface area contributed by atoms with Crippen LogP contribution in [0.1, 0.15) is 11.5 Å². The number of halogens is 1. The number of nitrogens with zero attached hydrogens (tertiary/aromatic N) is 3. The van der Waals surface area contributed by atoms with E-state index in [-0.39, 0.29) is 19.1 Å². The van der Waals surface area contributed by atoms with Crippen LogP contribution < -0.4 is 4.74 Å². The van der Waals surface area contributed by atoms with Gasteiger partial charge in [0, 0.05) is 17.1 Å². The fourth-order valence-corrected chi connectivity index (χ4v) is 2.66. The van der Waals surface area contributed by atoms with Crippen LogP contribution in [0.5, 0.6) is 5.75 Å². The molecule has 0 aliphatic heterocycles. The number of carbonyl (C=O) groups is 1. The van der Waals surface area contributed by atoms with Crippen molar-refractivity contribution in [3.63, 3.8) is 0 Å². The highest BCUT2D eigenvalue weighted by atomic mass is 35.5. The van der Waals surface area contributed by atoms with Crippen molar-refractivity contribution in [1.82, 2.24) is 15.0 Å². The van der Waals surface area contributed by atoms with Crippen molar-refractivity contribution in [3.05, 3.63) is 77.7 Å². The first-order valence-electron chi connectivity index (χ1n) is 8.72.